The van der Waals surface area contributed by atoms with E-state index in [1.807, 2.05) is 0 Å². The lowest BCUT2D eigenvalue weighted by Gasteiger charge is -2.01. The van der Waals surface area contributed by atoms with Gasteiger partial charge in [0.15, 0.2) is 0 Å². The highest BCUT2D eigenvalue weighted by molar-refractivity contribution is 7.20. The fourth-order valence-corrected chi connectivity index (χ4v) is 4.07. The SMILES string of the molecule is CCOC(=O)c1sc2nc(/C=C/c3c(Cl)cccc3Cl)[nH]c(=O)c2c1C. The second-order valence-corrected chi connectivity index (χ2v) is 7.19. The standard InChI is InChI=1S/C18H14Cl2N2O3S/c1-3-25-18(24)15-9(2)14-16(23)21-13(22-17(14)26-15)8-7-10-11(19)5-4-6-12(10)20/h4-8H,3H2,1-2H3,(H,21,22,23)/b8-7+. The summed E-state index contributed by atoms with van der Waals surface area (Å²) < 4.78 is 5.03. The number of aromatic nitrogens is 2. The smallest absolute Gasteiger partial charge is 0.348 e. The lowest BCUT2D eigenvalue weighted by molar-refractivity contribution is 0.0531. The number of hydrogen-bond acceptors (Lipinski definition) is 5. The van der Waals surface area contributed by atoms with Gasteiger partial charge >= 0.3 is 5.97 Å². The Kier molecular flexibility index (Phi) is 5.46. The zero-order valence-corrected chi connectivity index (χ0v) is 16.3. The van der Waals surface area contributed by atoms with Crippen LogP contribution in [-0.4, -0.2) is 22.5 Å². The van der Waals surface area contributed by atoms with Crippen molar-refractivity contribution in [1.29, 1.82) is 0 Å². The molecule has 0 saturated carbocycles. The van der Waals surface area contributed by atoms with Gasteiger partial charge in [-0.1, -0.05) is 29.3 Å². The molecule has 3 aromatic rings. The van der Waals surface area contributed by atoms with Gasteiger partial charge in [-0.05, 0) is 43.7 Å². The molecule has 2 aromatic heterocycles. The number of ether oxygens (including phenoxy) is 1. The van der Waals surface area contributed by atoms with E-state index < -0.39 is 5.97 Å². The maximum Gasteiger partial charge on any atom is 0.348 e. The summed E-state index contributed by atoms with van der Waals surface area (Å²) in [5.74, 6) is -0.109. The third kappa shape index (κ3) is 3.53. The van der Waals surface area contributed by atoms with Crippen LogP contribution in [0.5, 0.6) is 0 Å². The molecule has 3 rings (SSSR count). The Balaban J connectivity index is 2.05. The van der Waals surface area contributed by atoms with Crippen molar-refractivity contribution >= 4 is 62.9 Å². The lowest BCUT2D eigenvalue weighted by atomic mass is 10.2. The van der Waals surface area contributed by atoms with Crippen LogP contribution in [0.25, 0.3) is 22.4 Å². The monoisotopic (exact) mass is 408 g/mol. The van der Waals surface area contributed by atoms with E-state index in [-0.39, 0.29) is 12.2 Å². The average Bonchev–Trinajstić information content (AvgIpc) is 2.92. The maximum atomic E-state index is 12.4. The summed E-state index contributed by atoms with van der Waals surface area (Å²) in [6.07, 6.45) is 3.30. The van der Waals surface area contributed by atoms with Crippen LogP contribution in [0.15, 0.2) is 23.0 Å². The number of nitrogens with zero attached hydrogens (tertiary/aromatic N) is 1. The normalized spacial score (nSPS) is 11.4. The van der Waals surface area contributed by atoms with E-state index in [1.54, 1.807) is 44.2 Å². The fraction of sp³-hybridized carbons (Fsp3) is 0.167. The molecule has 0 saturated heterocycles. The molecular formula is C18H14Cl2N2O3S. The first-order valence-corrected chi connectivity index (χ1v) is 9.32. The van der Waals surface area contributed by atoms with E-state index in [1.165, 1.54) is 0 Å². The predicted molar refractivity (Wildman–Crippen MR) is 106 cm³/mol. The van der Waals surface area contributed by atoms with Crippen molar-refractivity contribution in [3.8, 4) is 0 Å². The van der Waals surface area contributed by atoms with Crippen LogP contribution in [0, 0.1) is 6.92 Å². The number of nitrogens with one attached hydrogen (secondary N) is 1. The molecule has 2 heterocycles. The summed E-state index contributed by atoms with van der Waals surface area (Å²) in [5, 5.41) is 1.38. The van der Waals surface area contributed by atoms with Crippen molar-refractivity contribution in [2.45, 2.75) is 13.8 Å². The lowest BCUT2D eigenvalue weighted by Crippen LogP contribution is -2.10. The molecule has 0 spiro atoms. The molecule has 0 atom stereocenters. The Hall–Kier alpha value is -2.15. The maximum absolute atomic E-state index is 12.4. The summed E-state index contributed by atoms with van der Waals surface area (Å²) in [6, 6.07) is 5.20. The minimum Gasteiger partial charge on any atom is -0.462 e. The first-order chi connectivity index (χ1) is 12.4. The zero-order chi connectivity index (χ0) is 18.8. The number of aromatic amines is 1. The molecular weight excluding hydrogens is 395 g/mol. The third-order valence-electron chi connectivity index (χ3n) is 3.69. The summed E-state index contributed by atoms with van der Waals surface area (Å²) in [4.78, 5) is 32.4. The number of carbonyl (C=O) groups excluding carboxylic acids is 1. The van der Waals surface area contributed by atoms with Crippen LogP contribution in [0.3, 0.4) is 0 Å². The molecule has 0 aliphatic carbocycles. The summed E-state index contributed by atoms with van der Waals surface area (Å²) in [5.41, 5.74) is 0.888. The molecule has 0 amide bonds. The van der Waals surface area contributed by atoms with Crippen LogP contribution in [-0.2, 0) is 4.74 Å². The number of hydrogen-bond donors (Lipinski definition) is 1. The first-order valence-electron chi connectivity index (χ1n) is 7.75. The second-order valence-electron chi connectivity index (χ2n) is 5.38. The highest BCUT2D eigenvalue weighted by atomic mass is 35.5. The van der Waals surface area contributed by atoms with Crippen molar-refractivity contribution in [2.75, 3.05) is 6.61 Å². The molecule has 8 heteroatoms. The van der Waals surface area contributed by atoms with Crippen LogP contribution in [0.2, 0.25) is 10.0 Å². The van der Waals surface area contributed by atoms with Crippen molar-refractivity contribution < 1.29 is 9.53 Å². The van der Waals surface area contributed by atoms with Crippen molar-refractivity contribution in [1.82, 2.24) is 9.97 Å². The average molecular weight is 409 g/mol. The van der Waals surface area contributed by atoms with Gasteiger partial charge in [-0.15, -0.1) is 11.3 Å². The van der Waals surface area contributed by atoms with Gasteiger partial charge in [0, 0.05) is 15.6 Å². The number of carbonyl (C=O) groups is 1. The van der Waals surface area contributed by atoms with Gasteiger partial charge in [-0.3, -0.25) is 4.79 Å². The van der Waals surface area contributed by atoms with Gasteiger partial charge in [-0.25, -0.2) is 9.78 Å². The molecule has 0 bridgehead atoms. The summed E-state index contributed by atoms with van der Waals surface area (Å²) in [6.45, 7) is 3.71. The molecule has 0 aliphatic rings. The molecule has 1 N–H and O–H groups in total. The van der Waals surface area contributed by atoms with Crippen LogP contribution >= 0.6 is 34.5 Å². The molecule has 26 heavy (non-hydrogen) atoms. The largest absolute Gasteiger partial charge is 0.462 e. The van der Waals surface area contributed by atoms with Gasteiger partial charge in [0.25, 0.3) is 5.56 Å². The van der Waals surface area contributed by atoms with Crippen molar-refractivity contribution in [3.63, 3.8) is 0 Å². The highest BCUT2D eigenvalue weighted by Gasteiger charge is 2.19. The fourth-order valence-electron chi connectivity index (χ4n) is 2.46. The Morgan fingerprint density at radius 2 is 2.00 bits per heavy atom. The topological polar surface area (TPSA) is 72.0 Å². The van der Waals surface area contributed by atoms with Gasteiger partial charge in [0.1, 0.15) is 15.5 Å². The Morgan fingerprint density at radius 3 is 2.65 bits per heavy atom. The van der Waals surface area contributed by atoms with Crippen molar-refractivity contribution in [3.05, 3.63) is 60.4 Å². The molecule has 1 aromatic carbocycles. The predicted octanol–water partition coefficient (Wildman–Crippen LogP) is 4.95. The minimum atomic E-state index is -0.452. The molecule has 0 unspecified atom stereocenters. The van der Waals surface area contributed by atoms with Crippen LogP contribution in [0.4, 0.5) is 0 Å². The van der Waals surface area contributed by atoms with Gasteiger partial charge in [0.2, 0.25) is 0 Å². The minimum absolute atomic E-state index is 0.267. The number of aryl methyl sites for hydroxylation is 1. The Bertz CT molecular complexity index is 1070. The first kappa shape index (κ1) is 18.6. The highest BCUT2D eigenvalue weighted by Crippen LogP contribution is 2.29. The third-order valence-corrected chi connectivity index (χ3v) is 5.51. The number of benzene rings is 1. The Labute approximate surface area is 163 Å². The number of halogens is 2. The quantitative estimate of drug-likeness (QED) is 0.619. The van der Waals surface area contributed by atoms with E-state index in [0.29, 0.717) is 42.1 Å². The number of esters is 1. The van der Waals surface area contributed by atoms with Crippen molar-refractivity contribution in [2.24, 2.45) is 0 Å². The van der Waals surface area contributed by atoms with Gasteiger partial charge in [0.05, 0.1) is 12.0 Å². The number of H-pyrrole nitrogens is 1. The van der Waals surface area contributed by atoms with E-state index in [2.05, 4.69) is 9.97 Å². The van der Waals surface area contributed by atoms with E-state index in [4.69, 9.17) is 27.9 Å². The van der Waals surface area contributed by atoms with Gasteiger partial charge < -0.3 is 9.72 Å². The molecule has 5 nitrogen and oxygen atoms in total. The number of thiophene rings is 1. The number of rotatable bonds is 4. The van der Waals surface area contributed by atoms with E-state index in [0.717, 1.165) is 11.3 Å². The Morgan fingerprint density at radius 1 is 1.31 bits per heavy atom. The molecule has 0 radical (unpaired) electrons. The molecule has 0 aliphatic heterocycles. The van der Waals surface area contributed by atoms with E-state index in [9.17, 15) is 9.59 Å². The van der Waals surface area contributed by atoms with Crippen LogP contribution < -0.4 is 5.56 Å². The van der Waals surface area contributed by atoms with Gasteiger partial charge in [-0.2, -0.15) is 0 Å². The van der Waals surface area contributed by atoms with E-state index >= 15 is 0 Å². The second kappa shape index (κ2) is 7.61. The van der Waals surface area contributed by atoms with Crippen LogP contribution in [0.1, 0.15) is 33.5 Å². The summed E-state index contributed by atoms with van der Waals surface area (Å²) in [7, 11) is 0. The summed E-state index contributed by atoms with van der Waals surface area (Å²) >= 11 is 13.4. The molecule has 134 valence electrons. The molecule has 0 fully saturated rings. The number of fused-ring (bicyclic) bond motifs is 1. The zero-order valence-electron chi connectivity index (χ0n) is 13.9.